The standard InChI is InChI=1S/C4H3F3NO/c5-4(6,7)3-1-8-9-2-3/h1-2,8H. The zero-order valence-electron chi connectivity index (χ0n) is 4.20. The lowest BCUT2D eigenvalue weighted by atomic mass is 10.3. The van der Waals surface area contributed by atoms with Gasteiger partial charge in [-0.05, 0) is 0 Å². The molecule has 0 aromatic heterocycles. The summed E-state index contributed by atoms with van der Waals surface area (Å²) in [5.41, 5.74) is 1.14. The molecule has 0 fully saturated rings. The molecule has 0 aromatic carbocycles. The van der Waals surface area contributed by atoms with Gasteiger partial charge in [0.1, 0.15) is 6.26 Å². The molecule has 0 spiro atoms. The Bertz CT molecular complexity index is 139. The first kappa shape index (κ1) is 6.41. The van der Waals surface area contributed by atoms with Crippen molar-refractivity contribution in [3.05, 3.63) is 18.4 Å². The van der Waals surface area contributed by atoms with Crippen LogP contribution in [-0.2, 0) is 4.84 Å². The van der Waals surface area contributed by atoms with E-state index in [0.29, 0.717) is 6.26 Å². The molecule has 1 aliphatic heterocycles. The van der Waals surface area contributed by atoms with E-state index in [-0.39, 0.29) is 0 Å². The van der Waals surface area contributed by atoms with Crippen LogP contribution in [-0.4, -0.2) is 6.18 Å². The lowest BCUT2D eigenvalue weighted by Gasteiger charge is -2.01. The monoisotopic (exact) mass is 138 g/mol. The molecule has 0 unspecified atom stereocenters. The maximum atomic E-state index is 11.5. The van der Waals surface area contributed by atoms with E-state index in [1.807, 2.05) is 5.48 Å². The molecule has 1 aliphatic rings. The van der Waals surface area contributed by atoms with Crippen LogP contribution in [0.15, 0.2) is 11.8 Å². The van der Waals surface area contributed by atoms with Gasteiger partial charge in [-0.15, -0.1) is 5.48 Å². The van der Waals surface area contributed by atoms with E-state index in [1.54, 1.807) is 0 Å². The SMILES string of the molecule is FC(F)(F)C1=CON[CH]1. The highest BCUT2D eigenvalue weighted by Crippen LogP contribution is 2.28. The van der Waals surface area contributed by atoms with E-state index in [2.05, 4.69) is 4.84 Å². The molecule has 0 aromatic rings. The van der Waals surface area contributed by atoms with Crippen molar-refractivity contribution in [1.82, 2.24) is 5.48 Å². The Hall–Kier alpha value is -0.710. The van der Waals surface area contributed by atoms with Gasteiger partial charge in [0, 0.05) is 0 Å². The molecular weight excluding hydrogens is 135 g/mol. The molecule has 0 aliphatic carbocycles. The van der Waals surface area contributed by atoms with Crippen LogP contribution in [0.25, 0.3) is 0 Å². The Labute approximate surface area is 49.3 Å². The van der Waals surface area contributed by atoms with Crippen molar-refractivity contribution in [3.8, 4) is 0 Å². The Morgan fingerprint density at radius 3 is 2.33 bits per heavy atom. The maximum Gasteiger partial charge on any atom is 0.417 e. The van der Waals surface area contributed by atoms with Crippen molar-refractivity contribution in [2.75, 3.05) is 0 Å². The Morgan fingerprint density at radius 2 is 2.11 bits per heavy atom. The Balaban J connectivity index is 2.61. The fraction of sp³-hybridized carbons (Fsp3) is 0.250. The number of nitrogens with one attached hydrogen (secondary N) is 1. The summed E-state index contributed by atoms with van der Waals surface area (Å²) in [6.45, 7) is 0.750. The molecule has 0 saturated heterocycles. The lowest BCUT2D eigenvalue weighted by Crippen LogP contribution is -2.12. The average molecular weight is 138 g/mol. The molecule has 51 valence electrons. The predicted octanol–water partition coefficient (Wildman–Crippen LogP) is 1.13. The van der Waals surface area contributed by atoms with Gasteiger partial charge in [0.25, 0.3) is 0 Å². The minimum Gasteiger partial charge on any atom is -0.416 e. The van der Waals surface area contributed by atoms with Crippen molar-refractivity contribution in [1.29, 1.82) is 0 Å². The topological polar surface area (TPSA) is 21.3 Å². The van der Waals surface area contributed by atoms with Gasteiger partial charge in [0.15, 0.2) is 0 Å². The highest BCUT2D eigenvalue weighted by Gasteiger charge is 2.36. The fourth-order valence-corrected chi connectivity index (χ4v) is 0.378. The number of hydroxylamine groups is 1. The second-order valence-electron chi connectivity index (χ2n) is 1.45. The van der Waals surface area contributed by atoms with Gasteiger partial charge in [0.2, 0.25) is 0 Å². The summed E-state index contributed by atoms with van der Waals surface area (Å²) in [4.78, 5) is 4.10. The predicted molar refractivity (Wildman–Crippen MR) is 22.7 cm³/mol. The van der Waals surface area contributed by atoms with Gasteiger partial charge in [0.05, 0.1) is 12.1 Å². The van der Waals surface area contributed by atoms with Gasteiger partial charge in [-0.3, -0.25) is 0 Å². The summed E-state index contributed by atoms with van der Waals surface area (Å²) in [5, 5.41) is 0. The van der Waals surface area contributed by atoms with E-state index >= 15 is 0 Å². The van der Waals surface area contributed by atoms with Crippen LogP contribution >= 0.6 is 0 Å². The lowest BCUT2D eigenvalue weighted by molar-refractivity contribution is -0.0896. The Morgan fingerprint density at radius 1 is 1.44 bits per heavy atom. The second kappa shape index (κ2) is 1.91. The van der Waals surface area contributed by atoms with Crippen LogP contribution in [0.3, 0.4) is 0 Å². The average Bonchev–Trinajstić information content (AvgIpc) is 2.08. The molecular formula is C4H3F3NO. The van der Waals surface area contributed by atoms with E-state index < -0.39 is 11.7 Å². The molecule has 1 N–H and O–H groups in total. The van der Waals surface area contributed by atoms with E-state index in [0.717, 1.165) is 6.54 Å². The van der Waals surface area contributed by atoms with E-state index in [9.17, 15) is 13.2 Å². The van der Waals surface area contributed by atoms with Gasteiger partial charge in [-0.1, -0.05) is 0 Å². The summed E-state index contributed by atoms with van der Waals surface area (Å²) in [6.07, 6.45) is -3.69. The van der Waals surface area contributed by atoms with Crippen LogP contribution < -0.4 is 5.48 Å². The summed E-state index contributed by atoms with van der Waals surface area (Å²) in [6, 6.07) is 0. The van der Waals surface area contributed by atoms with Crippen molar-refractivity contribution >= 4 is 0 Å². The summed E-state index contributed by atoms with van der Waals surface area (Å²) < 4.78 is 34.6. The first-order chi connectivity index (χ1) is 4.11. The van der Waals surface area contributed by atoms with Gasteiger partial charge < -0.3 is 4.84 Å². The zero-order chi connectivity index (χ0) is 6.91. The highest BCUT2D eigenvalue weighted by atomic mass is 19.4. The van der Waals surface area contributed by atoms with Gasteiger partial charge in [-0.2, -0.15) is 13.2 Å². The molecule has 0 saturated carbocycles. The first-order valence-corrected chi connectivity index (χ1v) is 2.12. The van der Waals surface area contributed by atoms with Gasteiger partial charge in [-0.25, -0.2) is 0 Å². The molecule has 5 heteroatoms. The summed E-state index contributed by atoms with van der Waals surface area (Å²) >= 11 is 0. The number of rotatable bonds is 0. The van der Waals surface area contributed by atoms with Crippen LogP contribution in [0.4, 0.5) is 13.2 Å². The normalized spacial score (nSPS) is 19.2. The molecule has 1 radical (unpaired) electrons. The molecule has 1 rings (SSSR count). The molecule has 0 bridgehead atoms. The first-order valence-electron chi connectivity index (χ1n) is 2.12. The van der Waals surface area contributed by atoms with Crippen LogP contribution in [0, 0.1) is 6.54 Å². The zero-order valence-corrected chi connectivity index (χ0v) is 4.20. The number of hydrogen-bond donors (Lipinski definition) is 1. The molecule has 9 heavy (non-hydrogen) atoms. The Kier molecular flexibility index (Phi) is 1.36. The largest absolute Gasteiger partial charge is 0.417 e. The van der Waals surface area contributed by atoms with Crippen molar-refractivity contribution in [2.24, 2.45) is 0 Å². The van der Waals surface area contributed by atoms with Gasteiger partial charge >= 0.3 is 6.18 Å². The van der Waals surface area contributed by atoms with Crippen LogP contribution in [0.1, 0.15) is 0 Å². The third-order valence-electron chi connectivity index (χ3n) is 0.796. The summed E-state index contributed by atoms with van der Waals surface area (Å²) in [7, 11) is 0. The van der Waals surface area contributed by atoms with Crippen LogP contribution in [0.2, 0.25) is 0 Å². The highest BCUT2D eigenvalue weighted by molar-refractivity contribution is 5.17. The van der Waals surface area contributed by atoms with Crippen molar-refractivity contribution in [2.45, 2.75) is 6.18 Å². The van der Waals surface area contributed by atoms with E-state index in [1.165, 1.54) is 0 Å². The molecule has 0 atom stereocenters. The minimum atomic E-state index is -4.30. The van der Waals surface area contributed by atoms with Crippen molar-refractivity contribution < 1.29 is 18.0 Å². The third-order valence-corrected chi connectivity index (χ3v) is 0.796. The molecule has 2 nitrogen and oxygen atoms in total. The van der Waals surface area contributed by atoms with Crippen molar-refractivity contribution in [3.63, 3.8) is 0 Å². The number of alkyl halides is 3. The second-order valence-corrected chi connectivity index (χ2v) is 1.45. The molecule has 1 heterocycles. The molecule has 0 amide bonds. The third kappa shape index (κ3) is 1.35. The maximum absolute atomic E-state index is 11.5. The summed E-state index contributed by atoms with van der Waals surface area (Å²) in [5.74, 6) is 0. The fourth-order valence-electron chi connectivity index (χ4n) is 0.378. The minimum absolute atomic E-state index is 0.611. The number of hydrogen-bond acceptors (Lipinski definition) is 2. The smallest absolute Gasteiger partial charge is 0.416 e. The van der Waals surface area contributed by atoms with Crippen LogP contribution in [0.5, 0.6) is 0 Å². The quantitative estimate of drug-likeness (QED) is 0.541. The number of halogens is 3. The van der Waals surface area contributed by atoms with E-state index in [4.69, 9.17) is 0 Å².